The van der Waals surface area contributed by atoms with Crippen LogP contribution >= 0.6 is 0 Å². The van der Waals surface area contributed by atoms with Gasteiger partial charge in [0.1, 0.15) is 5.69 Å². The molecule has 0 spiro atoms. The van der Waals surface area contributed by atoms with E-state index in [-0.39, 0.29) is 24.7 Å². The highest BCUT2D eigenvalue weighted by Crippen LogP contribution is 2.35. The number of carbonyl (C=O) groups is 1. The Balaban J connectivity index is 2.08. The predicted molar refractivity (Wildman–Crippen MR) is 74.3 cm³/mol. The first-order valence-corrected chi connectivity index (χ1v) is 6.76. The molecule has 1 fully saturated rings. The predicted octanol–water partition coefficient (Wildman–Crippen LogP) is 3.03. The van der Waals surface area contributed by atoms with E-state index in [1.165, 1.54) is 4.90 Å². The second kappa shape index (κ2) is 6.31. The molecule has 126 valence electrons. The number of carboxylic acid groups (broad SMARTS) is 1. The van der Waals surface area contributed by atoms with E-state index in [0.717, 1.165) is 12.1 Å². The molecule has 1 aromatic rings. The summed E-state index contributed by atoms with van der Waals surface area (Å²) in [6.07, 6.45) is -5.10. The molecule has 0 radical (unpaired) electrons. The largest absolute Gasteiger partial charge is 0.465 e. The third-order valence-corrected chi connectivity index (χ3v) is 3.66. The number of alkyl halides is 3. The smallest absolute Gasteiger partial charge is 0.416 e. The van der Waals surface area contributed by atoms with Crippen LogP contribution in [-0.2, 0) is 6.18 Å². The van der Waals surface area contributed by atoms with Gasteiger partial charge in [0.05, 0.1) is 10.5 Å². The number of amides is 1. The molecular weight excluding hydrogens is 319 g/mol. The van der Waals surface area contributed by atoms with Crippen LogP contribution in [0.15, 0.2) is 18.2 Å². The lowest BCUT2D eigenvalue weighted by Gasteiger charge is -2.14. The van der Waals surface area contributed by atoms with Crippen LogP contribution in [-0.4, -0.2) is 40.7 Å². The fraction of sp³-hybridized carbons (Fsp3) is 0.462. The standard InChI is InChI=1S/C13H14F3N3O4/c14-13(15,16)9-1-2-10(11(5-9)19(22)23)17-6-8-3-4-18(7-8)12(20)21/h1-2,5,8,17H,3-4,6-7H2,(H,20,21)/t8-/m0/s1. The van der Waals surface area contributed by atoms with Crippen LogP contribution in [0.4, 0.5) is 29.3 Å². The van der Waals surface area contributed by atoms with Gasteiger partial charge >= 0.3 is 12.3 Å². The summed E-state index contributed by atoms with van der Waals surface area (Å²) < 4.78 is 37.8. The normalized spacial score (nSPS) is 18.0. The topological polar surface area (TPSA) is 95.7 Å². The molecule has 1 aliphatic rings. The summed E-state index contributed by atoms with van der Waals surface area (Å²) in [5.74, 6) is -0.0482. The van der Waals surface area contributed by atoms with E-state index in [1.54, 1.807) is 0 Å². The average molecular weight is 333 g/mol. The molecule has 0 saturated carbocycles. The van der Waals surface area contributed by atoms with Crippen molar-refractivity contribution in [2.24, 2.45) is 5.92 Å². The van der Waals surface area contributed by atoms with Crippen LogP contribution in [0.1, 0.15) is 12.0 Å². The van der Waals surface area contributed by atoms with E-state index < -0.39 is 28.4 Å². The second-order valence-electron chi connectivity index (χ2n) is 5.25. The zero-order chi connectivity index (χ0) is 17.2. The molecule has 0 aliphatic carbocycles. The average Bonchev–Trinajstić information content (AvgIpc) is 2.92. The molecule has 0 unspecified atom stereocenters. The van der Waals surface area contributed by atoms with Crippen LogP contribution < -0.4 is 5.32 Å². The van der Waals surface area contributed by atoms with Gasteiger partial charge in [-0.2, -0.15) is 13.2 Å². The lowest BCUT2D eigenvalue weighted by Crippen LogP contribution is -2.28. The minimum absolute atomic E-state index is 0.0169. The Morgan fingerprint density at radius 3 is 2.70 bits per heavy atom. The van der Waals surface area contributed by atoms with Crippen molar-refractivity contribution in [1.29, 1.82) is 0 Å². The van der Waals surface area contributed by atoms with Crippen molar-refractivity contribution in [2.45, 2.75) is 12.6 Å². The van der Waals surface area contributed by atoms with E-state index in [1.807, 2.05) is 0 Å². The zero-order valence-corrected chi connectivity index (χ0v) is 11.8. The van der Waals surface area contributed by atoms with Crippen molar-refractivity contribution in [3.05, 3.63) is 33.9 Å². The Bertz CT molecular complexity index is 621. The molecule has 23 heavy (non-hydrogen) atoms. The summed E-state index contributed by atoms with van der Waals surface area (Å²) in [6, 6.07) is 2.28. The van der Waals surface area contributed by atoms with E-state index in [2.05, 4.69) is 5.32 Å². The summed E-state index contributed by atoms with van der Waals surface area (Å²) in [6.45, 7) is 0.906. The number of hydrogen-bond acceptors (Lipinski definition) is 4. The van der Waals surface area contributed by atoms with Gasteiger partial charge in [0.15, 0.2) is 0 Å². The van der Waals surface area contributed by atoms with Crippen LogP contribution in [0, 0.1) is 16.0 Å². The van der Waals surface area contributed by atoms with Crippen molar-refractivity contribution in [2.75, 3.05) is 25.0 Å². The van der Waals surface area contributed by atoms with Gasteiger partial charge in [-0.3, -0.25) is 10.1 Å². The third kappa shape index (κ3) is 4.02. The quantitative estimate of drug-likeness (QED) is 0.652. The number of halogens is 3. The second-order valence-corrected chi connectivity index (χ2v) is 5.25. The highest BCUT2D eigenvalue weighted by atomic mass is 19.4. The molecule has 0 aromatic heterocycles. The fourth-order valence-electron chi connectivity index (χ4n) is 2.44. The fourth-order valence-corrected chi connectivity index (χ4v) is 2.44. The maximum Gasteiger partial charge on any atom is 0.416 e. The Hall–Kier alpha value is -2.52. The number of benzene rings is 1. The van der Waals surface area contributed by atoms with Crippen LogP contribution in [0.2, 0.25) is 0 Å². The van der Waals surface area contributed by atoms with E-state index in [4.69, 9.17) is 5.11 Å². The maximum atomic E-state index is 12.6. The van der Waals surface area contributed by atoms with Gasteiger partial charge in [-0.15, -0.1) is 0 Å². The summed E-state index contributed by atoms with van der Waals surface area (Å²) >= 11 is 0. The van der Waals surface area contributed by atoms with Gasteiger partial charge in [0.25, 0.3) is 5.69 Å². The SMILES string of the molecule is O=C(O)N1CC[C@@H](CNc2ccc(C(F)(F)F)cc2[N+](=O)[O-])C1. The number of nitrogens with zero attached hydrogens (tertiary/aromatic N) is 2. The molecule has 7 nitrogen and oxygen atoms in total. The van der Waals surface area contributed by atoms with Gasteiger partial charge in [-0.1, -0.05) is 0 Å². The molecule has 10 heteroatoms. The molecular formula is C13H14F3N3O4. The Labute approximate surface area is 128 Å². The molecule has 1 aromatic carbocycles. The van der Waals surface area contributed by atoms with Crippen molar-refractivity contribution < 1.29 is 28.0 Å². The monoisotopic (exact) mass is 333 g/mol. The number of rotatable bonds is 4. The molecule has 1 aliphatic heterocycles. The summed E-state index contributed by atoms with van der Waals surface area (Å²) in [5, 5.41) is 22.5. The first-order chi connectivity index (χ1) is 10.7. The number of anilines is 1. The summed E-state index contributed by atoms with van der Waals surface area (Å²) in [5.41, 5.74) is -1.77. The van der Waals surface area contributed by atoms with Gasteiger partial charge < -0.3 is 15.3 Å². The van der Waals surface area contributed by atoms with Crippen molar-refractivity contribution in [3.63, 3.8) is 0 Å². The maximum absolute atomic E-state index is 12.6. The van der Waals surface area contributed by atoms with Crippen molar-refractivity contribution in [3.8, 4) is 0 Å². The third-order valence-electron chi connectivity index (χ3n) is 3.66. The Morgan fingerprint density at radius 2 is 2.17 bits per heavy atom. The van der Waals surface area contributed by atoms with E-state index in [0.29, 0.717) is 19.0 Å². The first kappa shape index (κ1) is 16.8. The van der Waals surface area contributed by atoms with Gasteiger partial charge in [-0.05, 0) is 24.5 Å². The number of nitro groups is 1. The van der Waals surface area contributed by atoms with Gasteiger partial charge in [0, 0.05) is 25.7 Å². The molecule has 1 saturated heterocycles. The molecule has 1 atom stereocenters. The highest BCUT2D eigenvalue weighted by Gasteiger charge is 2.33. The van der Waals surface area contributed by atoms with Gasteiger partial charge in [-0.25, -0.2) is 4.79 Å². The van der Waals surface area contributed by atoms with E-state index >= 15 is 0 Å². The Kier molecular flexibility index (Phi) is 4.62. The minimum atomic E-state index is -4.66. The molecule has 1 amide bonds. The molecule has 0 bridgehead atoms. The highest BCUT2D eigenvalue weighted by molar-refractivity contribution is 5.65. The lowest BCUT2D eigenvalue weighted by atomic mass is 10.1. The number of nitrogens with one attached hydrogen (secondary N) is 1. The molecule has 2 N–H and O–H groups in total. The summed E-state index contributed by atoms with van der Waals surface area (Å²) in [7, 11) is 0. The molecule has 2 rings (SSSR count). The van der Waals surface area contributed by atoms with Gasteiger partial charge in [0.2, 0.25) is 0 Å². The Morgan fingerprint density at radius 1 is 1.48 bits per heavy atom. The first-order valence-electron chi connectivity index (χ1n) is 6.76. The number of likely N-dealkylation sites (tertiary alicyclic amines) is 1. The zero-order valence-electron chi connectivity index (χ0n) is 11.8. The van der Waals surface area contributed by atoms with Crippen molar-refractivity contribution >= 4 is 17.5 Å². The number of hydrogen-bond donors (Lipinski definition) is 2. The lowest BCUT2D eigenvalue weighted by molar-refractivity contribution is -0.384. The van der Waals surface area contributed by atoms with Crippen LogP contribution in [0.25, 0.3) is 0 Å². The van der Waals surface area contributed by atoms with E-state index in [9.17, 15) is 28.1 Å². The minimum Gasteiger partial charge on any atom is -0.465 e. The van der Waals surface area contributed by atoms with Crippen LogP contribution in [0.5, 0.6) is 0 Å². The van der Waals surface area contributed by atoms with Crippen molar-refractivity contribution in [1.82, 2.24) is 4.90 Å². The van der Waals surface area contributed by atoms with Crippen LogP contribution in [0.3, 0.4) is 0 Å². The number of nitro benzene ring substituents is 1. The molecule has 1 heterocycles. The summed E-state index contributed by atoms with van der Waals surface area (Å²) in [4.78, 5) is 22.1.